The van der Waals surface area contributed by atoms with Gasteiger partial charge in [0.1, 0.15) is 40.3 Å². The molecule has 12 heteroatoms. The zero-order chi connectivity index (χ0) is 21.3. The molecule has 3 aromatic rings. The molecule has 1 aliphatic heterocycles. The van der Waals surface area contributed by atoms with Gasteiger partial charge in [0, 0.05) is 18.7 Å². The molecule has 0 saturated carbocycles. The van der Waals surface area contributed by atoms with Crippen molar-refractivity contribution >= 4 is 23.2 Å². The van der Waals surface area contributed by atoms with Crippen LogP contribution in [0.4, 0.5) is 14.6 Å². The molecule has 2 aromatic heterocycles. The van der Waals surface area contributed by atoms with E-state index in [0.29, 0.717) is 19.6 Å². The van der Waals surface area contributed by atoms with Crippen LogP contribution in [0, 0.1) is 11.6 Å². The van der Waals surface area contributed by atoms with Gasteiger partial charge >= 0.3 is 0 Å². The molecule has 3 heterocycles. The van der Waals surface area contributed by atoms with Crippen LogP contribution in [0.5, 0.6) is 5.75 Å². The predicted molar refractivity (Wildman–Crippen MR) is 108 cm³/mol. The summed E-state index contributed by atoms with van der Waals surface area (Å²) < 4.78 is 36.9. The van der Waals surface area contributed by atoms with Crippen molar-refractivity contribution in [2.24, 2.45) is 0 Å². The number of anilines is 1. The molecule has 0 bridgehead atoms. The first kappa shape index (κ1) is 20.7. The Hall–Kier alpha value is -2.60. The Morgan fingerprint density at radius 1 is 1.23 bits per heavy atom. The summed E-state index contributed by atoms with van der Waals surface area (Å²) in [6.07, 6.45) is 1.99. The zero-order valence-electron chi connectivity index (χ0n) is 16.4. The van der Waals surface area contributed by atoms with Crippen molar-refractivity contribution in [1.29, 1.82) is 0 Å². The Morgan fingerprint density at radius 3 is 2.63 bits per heavy atom. The fraction of sp³-hybridized carbons (Fsp3) is 0.389. The molecule has 1 aromatic carbocycles. The second kappa shape index (κ2) is 8.26. The van der Waals surface area contributed by atoms with Gasteiger partial charge in [0.2, 0.25) is 0 Å². The van der Waals surface area contributed by atoms with Crippen molar-refractivity contribution in [3.63, 3.8) is 0 Å². The molecule has 0 unspecified atom stereocenters. The van der Waals surface area contributed by atoms with Crippen LogP contribution < -0.4 is 26.2 Å². The molecule has 4 rings (SSSR count). The van der Waals surface area contributed by atoms with Gasteiger partial charge in [-0.2, -0.15) is 19.6 Å². The Bertz CT molecular complexity index is 1050. The molecule has 0 spiro atoms. The number of rotatable bonds is 9. The van der Waals surface area contributed by atoms with Gasteiger partial charge in [-0.05, 0) is 26.9 Å². The number of hydrazine groups is 1. The summed E-state index contributed by atoms with van der Waals surface area (Å²) in [5.41, 5.74) is 5.33. The third-order valence-corrected chi connectivity index (χ3v) is 4.92. The summed E-state index contributed by atoms with van der Waals surface area (Å²) in [5, 5.41) is 10.1. The van der Waals surface area contributed by atoms with Crippen molar-refractivity contribution in [3.05, 3.63) is 35.2 Å². The minimum Gasteiger partial charge on any atom is -0.493 e. The maximum absolute atomic E-state index is 15.0. The molecule has 0 atom stereocenters. The average molecular weight is 439 g/mol. The number of aromatic nitrogens is 4. The average Bonchev–Trinajstić information content (AvgIpc) is 3.25. The minimum absolute atomic E-state index is 0.0515. The van der Waals surface area contributed by atoms with Gasteiger partial charge in [-0.3, -0.25) is 0 Å². The van der Waals surface area contributed by atoms with E-state index in [9.17, 15) is 0 Å². The molecule has 9 nitrogen and oxygen atoms in total. The van der Waals surface area contributed by atoms with E-state index in [1.165, 1.54) is 10.8 Å². The molecule has 160 valence electrons. The first-order valence-electron chi connectivity index (χ1n) is 9.36. The summed E-state index contributed by atoms with van der Waals surface area (Å²) in [6.45, 7) is 3.38. The number of benzene rings is 1. The van der Waals surface area contributed by atoms with Crippen LogP contribution in [0.3, 0.4) is 0 Å². The van der Waals surface area contributed by atoms with Gasteiger partial charge in [0.15, 0.2) is 0 Å². The van der Waals surface area contributed by atoms with Crippen LogP contribution in [0.25, 0.3) is 16.9 Å². The second-order valence-corrected chi connectivity index (χ2v) is 7.46. The van der Waals surface area contributed by atoms with Crippen LogP contribution in [-0.4, -0.2) is 52.0 Å². The molecular formula is C18H21ClF2N8O. The molecule has 1 aliphatic rings. The maximum atomic E-state index is 15.0. The number of hydrogen-bond donors (Lipinski definition) is 4. The maximum Gasteiger partial charge on any atom is 0.255 e. The molecular weight excluding hydrogens is 418 g/mol. The quantitative estimate of drug-likeness (QED) is 0.227. The van der Waals surface area contributed by atoms with Crippen molar-refractivity contribution in [2.45, 2.75) is 19.0 Å². The third kappa shape index (κ3) is 4.15. The highest BCUT2D eigenvalue weighted by molar-refractivity contribution is 6.33. The number of fused-ring (bicyclic) bond motifs is 1. The summed E-state index contributed by atoms with van der Waals surface area (Å²) in [7, 11) is 1.82. The fourth-order valence-corrected chi connectivity index (χ4v) is 3.23. The van der Waals surface area contributed by atoms with E-state index < -0.39 is 11.6 Å². The first-order valence-corrected chi connectivity index (χ1v) is 9.74. The highest BCUT2D eigenvalue weighted by Gasteiger charge is 2.36. The van der Waals surface area contributed by atoms with Crippen molar-refractivity contribution < 1.29 is 13.5 Å². The normalized spacial score (nSPS) is 14.8. The Balaban J connectivity index is 1.73. The van der Waals surface area contributed by atoms with Gasteiger partial charge in [0.25, 0.3) is 5.78 Å². The molecule has 0 amide bonds. The van der Waals surface area contributed by atoms with Crippen molar-refractivity contribution in [1.82, 2.24) is 35.8 Å². The largest absolute Gasteiger partial charge is 0.493 e. The smallest absolute Gasteiger partial charge is 0.255 e. The minimum atomic E-state index is -0.821. The molecule has 30 heavy (non-hydrogen) atoms. The van der Waals surface area contributed by atoms with Crippen molar-refractivity contribution in [2.75, 3.05) is 32.1 Å². The number of hydrogen-bond acceptors (Lipinski definition) is 8. The van der Waals surface area contributed by atoms with E-state index in [1.54, 1.807) is 0 Å². The Morgan fingerprint density at radius 2 is 1.97 bits per heavy atom. The summed E-state index contributed by atoms with van der Waals surface area (Å²) >= 11 is 6.33. The SMILES string of the molecule is CNCCCOc1cc(F)c(-c2c(Cl)nc3ncnn3c2NCC2(C)NN2)c(F)c1. The zero-order valence-corrected chi connectivity index (χ0v) is 17.1. The van der Waals surface area contributed by atoms with E-state index in [4.69, 9.17) is 16.3 Å². The van der Waals surface area contributed by atoms with E-state index in [-0.39, 0.29) is 39.3 Å². The van der Waals surface area contributed by atoms with Gasteiger partial charge in [-0.25, -0.2) is 19.6 Å². The second-order valence-electron chi connectivity index (χ2n) is 7.10. The van der Waals surface area contributed by atoms with E-state index >= 15 is 8.78 Å². The molecule has 4 N–H and O–H groups in total. The standard InChI is InChI=1S/C18H21ClF2N8O/c1-18(27-28-18)8-23-16-14(15(19)26-17-24-9-25-29(16)17)13-11(20)6-10(7-12(13)21)30-5-3-4-22-2/h6-7,9,22-23,27-28H,3-5,8H2,1-2H3. The van der Waals surface area contributed by atoms with Crippen LogP contribution >= 0.6 is 11.6 Å². The van der Waals surface area contributed by atoms with Gasteiger partial charge in [0.05, 0.1) is 17.7 Å². The molecule has 1 fully saturated rings. The molecule has 0 radical (unpaired) electrons. The van der Waals surface area contributed by atoms with E-state index in [2.05, 4.69) is 36.6 Å². The lowest BCUT2D eigenvalue weighted by Crippen LogP contribution is -2.26. The summed E-state index contributed by atoms with van der Waals surface area (Å²) in [4.78, 5) is 8.13. The summed E-state index contributed by atoms with van der Waals surface area (Å²) in [6, 6.07) is 2.27. The third-order valence-electron chi connectivity index (χ3n) is 4.65. The Labute approximate surface area is 176 Å². The predicted octanol–water partition coefficient (Wildman–Crippen LogP) is 1.95. The lowest BCUT2D eigenvalue weighted by Gasteiger charge is -2.17. The van der Waals surface area contributed by atoms with Gasteiger partial charge < -0.3 is 15.4 Å². The number of nitrogens with one attached hydrogen (secondary N) is 4. The number of nitrogens with zero attached hydrogens (tertiary/aromatic N) is 4. The fourth-order valence-electron chi connectivity index (χ4n) is 2.97. The van der Waals surface area contributed by atoms with Gasteiger partial charge in [-0.15, -0.1) is 0 Å². The number of ether oxygens (including phenoxy) is 1. The van der Waals surface area contributed by atoms with Crippen LogP contribution in [0.2, 0.25) is 5.15 Å². The monoisotopic (exact) mass is 438 g/mol. The summed E-state index contributed by atoms with van der Waals surface area (Å²) in [5.74, 6) is -1.06. The molecule has 1 saturated heterocycles. The van der Waals surface area contributed by atoms with Crippen molar-refractivity contribution in [3.8, 4) is 16.9 Å². The van der Waals surface area contributed by atoms with Gasteiger partial charge in [-0.1, -0.05) is 11.6 Å². The Kier molecular flexibility index (Phi) is 5.69. The van der Waals surface area contributed by atoms with Crippen LogP contribution in [0.15, 0.2) is 18.5 Å². The number of halogens is 3. The molecule has 0 aliphatic carbocycles. The first-order chi connectivity index (χ1) is 14.4. The lowest BCUT2D eigenvalue weighted by molar-refractivity contribution is 0.306. The highest BCUT2D eigenvalue weighted by atomic mass is 35.5. The lowest BCUT2D eigenvalue weighted by atomic mass is 10.1. The van der Waals surface area contributed by atoms with E-state index in [1.807, 2.05) is 14.0 Å². The van der Waals surface area contributed by atoms with E-state index in [0.717, 1.165) is 18.7 Å². The highest BCUT2D eigenvalue weighted by Crippen LogP contribution is 2.39. The van der Waals surface area contributed by atoms with Crippen LogP contribution in [0.1, 0.15) is 13.3 Å². The van der Waals surface area contributed by atoms with Crippen LogP contribution in [-0.2, 0) is 0 Å². The topological polar surface area (TPSA) is 120 Å².